The van der Waals surface area contributed by atoms with Crippen molar-refractivity contribution < 1.29 is 28.4 Å². The van der Waals surface area contributed by atoms with Crippen molar-refractivity contribution in [3.05, 3.63) is 222 Å². The number of rotatable bonds is 18. The van der Waals surface area contributed by atoms with Crippen LogP contribution >= 0.6 is 0 Å². The molecule has 12 aliphatic rings. The molecule has 0 spiro atoms. The molecule has 0 saturated carbocycles. The molecule has 24 rings (SSSR count). The molecular weight excluding hydrogens is 1520 g/mol. The van der Waals surface area contributed by atoms with Crippen LogP contribution < -0.4 is 28.9 Å². The van der Waals surface area contributed by atoms with Crippen molar-refractivity contribution in [1.29, 1.82) is 15.8 Å². The Bertz CT molecular complexity index is 6070. The Morgan fingerprint density at radius 1 is 0.421 bits per heavy atom. The lowest BCUT2D eigenvalue weighted by Crippen LogP contribution is -2.68. The smallest absolute Gasteiger partial charge is 0.231 e. The summed E-state index contributed by atoms with van der Waals surface area (Å²) in [7, 11) is 4.88. The fourth-order valence-corrected chi connectivity index (χ4v) is 18.8. The molecule has 6 unspecified atom stereocenters. The summed E-state index contributed by atoms with van der Waals surface area (Å²) in [5, 5.41) is 42.8. The molecule has 9 fully saturated rings. The predicted octanol–water partition coefficient (Wildman–Crippen LogP) is 12.2. The molecule has 0 aromatic carbocycles. The summed E-state index contributed by atoms with van der Waals surface area (Å²) < 4.78 is 38.2. The summed E-state index contributed by atoms with van der Waals surface area (Å²) in [6.07, 6.45) is 38.2. The Morgan fingerprint density at radius 3 is 1.33 bits per heavy atom. The molecule has 24 heterocycles. The lowest BCUT2D eigenvalue weighted by molar-refractivity contribution is -0.00981. The molecular formula is C92H93N23O6. The Labute approximate surface area is 701 Å². The molecule has 612 valence electrons. The number of methoxy groups -OCH3 is 3. The fourth-order valence-electron chi connectivity index (χ4n) is 18.8. The number of piperidine rings is 3. The van der Waals surface area contributed by atoms with Crippen LogP contribution in [0.25, 0.3) is 66.8 Å². The van der Waals surface area contributed by atoms with Crippen molar-refractivity contribution in [2.45, 2.75) is 133 Å². The first-order chi connectivity index (χ1) is 59.0. The van der Waals surface area contributed by atoms with E-state index >= 15 is 0 Å². The number of nitrogens with zero attached hydrogens (tertiary/aromatic N) is 23. The summed E-state index contributed by atoms with van der Waals surface area (Å²) in [4.78, 5) is 51.7. The first-order valence-corrected chi connectivity index (χ1v) is 41.3. The first-order valence-electron chi connectivity index (χ1n) is 41.3. The van der Waals surface area contributed by atoms with Crippen LogP contribution in [0.3, 0.4) is 0 Å². The van der Waals surface area contributed by atoms with Gasteiger partial charge in [0.2, 0.25) is 17.6 Å². The number of nitriles is 3. The van der Waals surface area contributed by atoms with Gasteiger partial charge in [-0.15, -0.1) is 0 Å². The van der Waals surface area contributed by atoms with E-state index in [0.717, 1.165) is 168 Å². The second-order valence-electron chi connectivity index (χ2n) is 33.6. The van der Waals surface area contributed by atoms with Crippen LogP contribution in [0, 0.1) is 34.0 Å². The van der Waals surface area contributed by atoms with E-state index in [1.54, 1.807) is 56.8 Å². The maximum Gasteiger partial charge on any atom is 0.231 e. The van der Waals surface area contributed by atoms with Crippen LogP contribution in [0.5, 0.6) is 17.6 Å². The fraction of sp³-hybridized carbons (Fsp3) is 0.370. The van der Waals surface area contributed by atoms with Gasteiger partial charge in [0.15, 0.2) is 0 Å². The number of hydrogen-bond acceptors (Lipinski definition) is 26. The molecule has 29 nitrogen and oxygen atoms in total. The minimum absolute atomic E-state index is 0.222. The Balaban J connectivity index is 0.000000120. The van der Waals surface area contributed by atoms with Gasteiger partial charge in [-0.05, 0) is 153 Å². The molecule has 0 amide bonds. The van der Waals surface area contributed by atoms with Gasteiger partial charge in [0.05, 0.1) is 147 Å². The van der Waals surface area contributed by atoms with Crippen LogP contribution in [-0.4, -0.2) is 218 Å². The molecule has 29 heteroatoms. The van der Waals surface area contributed by atoms with Crippen molar-refractivity contribution in [2.24, 2.45) is 0 Å². The van der Waals surface area contributed by atoms with Gasteiger partial charge in [-0.1, -0.05) is 24.3 Å². The minimum Gasteiger partial charge on any atom is -0.481 e. The zero-order valence-electron chi connectivity index (χ0n) is 68.8. The Kier molecular flexibility index (Phi) is 21.0. The zero-order chi connectivity index (χ0) is 82.6. The summed E-state index contributed by atoms with van der Waals surface area (Å²) in [6.45, 7) is 19.2. The number of piperazine rings is 3. The zero-order valence-corrected chi connectivity index (χ0v) is 68.8. The van der Waals surface area contributed by atoms with Crippen molar-refractivity contribution in [2.75, 3.05) is 102 Å². The lowest BCUT2D eigenvalue weighted by Gasteiger charge is -2.56. The number of pyridine rings is 7. The highest BCUT2D eigenvalue weighted by molar-refractivity contribution is 5.89. The number of anilines is 3. The third kappa shape index (κ3) is 15.7. The number of aromatic nitrogens is 14. The van der Waals surface area contributed by atoms with Crippen molar-refractivity contribution >= 4 is 50.7 Å². The summed E-state index contributed by atoms with van der Waals surface area (Å²) >= 11 is 0. The molecule has 9 saturated heterocycles. The summed E-state index contributed by atoms with van der Waals surface area (Å²) in [6, 6.07) is 32.8. The molecule has 12 aliphatic heterocycles. The second kappa shape index (κ2) is 32.7. The van der Waals surface area contributed by atoms with Crippen molar-refractivity contribution in [1.82, 2.24) is 83.4 Å². The van der Waals surface area contributed by atoms with Gasteiger partial charge in [-0.3, -0.25) is 24.7 Å². The van der Waals surface area contributed by atoms with E-state index < -0.39 is 0 Å². The monoisotopic (exact) mass is 1620 g/mol. The molecule has 6 atom stereocenters. The SMILES string of the molecule is COc1ccc(CN2C3CC2CN(c2ccc(-c4cc(C5=CC(C)(C)OCC5)cn5ncc(C#N)c45)cn2)C3)cn1.COc1ccc(CN2C3CC2CN(c2ccc(-c4cc(C5=CCOC(C)(C)C5)cn5ncc(C#N)c45)cn2)C3)cn1.COc1cnc(CN2C3CC2CN(c2cnc(-c4cc(C5=CCOCC5)cn5ncc(C#N)c45)cn2)C3)cn1. The van der Waals surface area contributed by atoms with E-state index in [2.05, 4.69) is 183 Å². The second-order valence-corrected chi connectivity index (χ2v) is 33.6. The highest BCUT2D eigenvalue weighted by Gasteiger charge is 2.48. The molecule has 6 bridgehead atoms. The van der Waals surface area contributed by atoms with Gasteiger partial charge in [0.25, 0.3) is 0 Å². The molecule has 0 radical (unpaired) electrons. The first kappa shape index (κ1) is 78.0. The number of ether oxygens (including phenoxy) is 6. The van der Waals surface area contributed by atoms with E-state index in [0.29, 0.717) is 97.0 Å². The normalized spacial score (nSPS) is 21.4. The van der Waals surface area contributed by atoms with Crippen LogP contribution in [0.15, 0.2) is 172 Å². The maximum absolute atomic E-state index is 9.80. The quantitative estimate of drug-likeness (QED) is 0.0770. The van der Waals surface area contributed by atoms with Crippen LogP contribution in [0.4, 0.5) is 17.5 Å². The van der Waals surface area contributed by atoms with Gasteiger partial charge in [0.1, 0.15) is 35.7 Å². The molecule has 0 aliphatic carbocycles. The van der Waals surface area contributed by atoms with Gasteiger partial charge in [-0.2, -0.15) is 31.1 Å². The van der Waals surface area contributed by atoms with Crippen LogP contribution in [0.2, 0.25) is 0 Å². The number of fused-ring (bicyclic) bond motifs is 9. The van der Waals surface area contributed by atoms with Gasteiger partial charge in [-0.25, -0.2) is 43.5 Å². The van der Waals surface area contributed by atoms with E-state index in [-0.39, 0.29) is 11.2 Å². The van der Waals surface area contributed by atoms with E-state index in [4.69, 9.17) is 48.4 Å². The maximum atomic E-state index is 9.80. The average molecular weight is 1620 g/mol. The van der Waals surface area contributed by atoms with Gasteiger partial charge < -0.3 is 43.1 Å². The minimum atomic E-state index is -0.315. The summed E-state index contributed by atoms with van der Waals surface area (Å²) in [5.74, 6) is 4.67. The summed E-state index contributed by atoms with van der Waals surface area (Å²) in [5.41, 5.74) is 19.1. The van der Waals surface area contributed by atoms with Crippen molar-refractivity contribution in [3.8, 4) is 69.4 Å². The number of hydrogen-bond donors (Lipinski definition) is 0. The predicted molar refractivity (Wildman–Crippen MR) is 456 cm³/mol. The molecule has 121 heavy (non-hydrogen) atoms. The van der Waals surface area contributed by atoms with Gasteiger partial charge >= 0.3 is 0 Å². The standard InChI is InChI=1S/2C32H33N7O2.C28H27N9O2/c2*1-32(2)12-22(8-9-41-32)24-10-28(31-25(13-33)16-36-39(31)18-24)23-5-6-29(34-15-23)37-19-26-11-27(20-37)38(26)17-21-4-7-30(40-3)35-14-21;1-38-27-13-30-21(10-33-27)15-36-22-7-23(36)17-35(16-22)26-12-31-25(11-32-26)24-6-19(18-2-4-39-5-3-18)14-37-28(24)20(8-29)9-34-37/h4-7,10,12,14-16,18,26-27H,8-9,11,17,19-20H2,1-3H3;4-8,10,14-16,18,26-27H,9,11-12,17,19-20H2,1-3H3;2,6,9-14,22-23H,3-5,7,15-17H2,1H3. The van der Waals surface area contributed by atoms with Crippen LogP contribution in [0.1, 0.15) is 116 Å². The van der Waals surface area contributed by atoms with Gasteiger partial charge in [0, 0.05) is 185 Å². The van der Waals surface area contributed by atoms with Crippen molar-refractivity contribution in [3.63, 3.8) is 0 Å². The van der Waals surface area contributed by atoms with E-state index in [1.807, 2.05) is 76.9 Å². The third-order valence-corrected chi connectivity index (χ3v) is 25.1. The van der Waals surface area contributed by atoms with E-state index in [9.17, 15) is 15.8 Å². The molecule has 12 aromatic rings. The Morgan fingerprint density at radius 2 is 0.893 bits per heavy atom. The Hall–Kier alpha value is -12.9. The van der Waals surface area contributed by atoms with E-state index in [1.165, 1.54) is 47.1 Å². The highest BCUT2D eigenvalue weighted by atomic mass is 16.5. The van der Waals surface area contributed by atoms with Crippen LogP contribution in [-0.2, 0) is 33.8 Å². The topological polar surface area (TPSA) is 301 Å². The largest absolute Gasteiger partial charge is 0.481 e. The molecule has 12 aromatic heterocycles. The average Bonchev–Trinajstić information content (AvgIpc) is 1.58. The lowest BCUT2D eigenvalue weighted by atomic mass is 9.87. The molecule has 0 N–H and O–H groups in total. The highest BCUT2D eigenvalue weighted by Crippen LogP contribution is 2.43. The third-order valence-electron chi connectivity index (χ3n) is 25.1.